The normalized spacial score (nSPS) is 10.1. The van der Waals surface area contributed by atoms with Crippen LogP contribution in [0.5, 0.6) is 11.5 Å². The second-order valence-corrected chi connectivity index (χ2v) is 3.77. The Labute approximate surface area is 95.7 Å². The van der Waals surface area contributed by atoms with Crippen LogP contribution in [0.2, 0.25) is 0 Å². The molecule has 0 aliphatic carbocycles. The second kappa shape index (κ2) is 4.81. The third-order valence-corrected chi connectivity index (χ3v) is 2.36. The van der Waals surface area contributed by atoms with E-state index in [4.69, 9.17) is 10.5 Å². The van der Waals surface area contributed by atoms with Crippen molar-refractivity contribution in [3.8, 4) is 11.5 Å². The minimum absolute atomic E-state index is 0.533. The Bertz CT molecular complexity index is 480. The highest BCUT2D eigenvalue weighted by molar-refractivity contribution is 5.35. The van der Waals surface area contributed by atoms with E-state index in [9.17, 15) is 0 Å². The SMILES string of the molecule is Cc1cccc(Oc2cccc(CN)c2)c1. The molecule has 0 atom stereocenters. The first-order valence-corrected chi connectivity index (χ1v) is 5.31. The molecule has 0 bridgehead atoms. The average molecular weight is 213 g/mol. The smallest absolute Gasteiger partial charge is 0.127 e. The molecule has 2 nitrogen and oxygen atoms in total. The van der Waals surface area contributed by atoms with Gasteiger partial charge in [-0.25, -0.2) is 0 Å². The van der Waals surface area contributed by atoms with Crippen molar-refractivity contribution in [3.63, 3.8) is 0 Å². The van der Waals surface area contributed by atoms with Crippen LogP contribution in [0, 0.1) is 6.92 Å². The van der Waals surface area contributed by atoms with Gasteiger partial charge in [0.1, 0.15) is 11.5 Å². The molecule has 0 amide bonds. The van der Waals surface area contributed by atoms with E-state index in [-0.39, 0.29) is 0 Å². The van der Waals surface area contributed by atoms with Crippen LogP contribution in [-0.4, -0.2) is 0 Å². The largest absolute Gasteiger partial charge is 0.457 e. The molecule has 2 aromatic rings. The third-order valence-electron chi connectivity index (χ3n) is 2.36. The molecule has 16 heavy (non-hydrogen) atoms. The summed E-state index contributed by atoms with van der Waals surface area (Å²) in [6.45, 7) is 2.58. The van der Waals surface area contributed by atoms with E-state index in [1.807, 2.05) is 55.5 Å². The van der Waals surface area contributed by atoms with Gasteiger partial charge in [-0.15, -0.1) is 0 Å². The summed E-state index contributed by atoms with van der Waals surface area (Å²) in [4.78, 5) is 0. The number of nitrogens with two attached hydrogens (primary N) is 1. The molecule has 0 aromatic heterocycles. The minimum Gasteiger partial charge on any atom is -0.457 e. The van der Waals surface area contributed by atoms with Gasteiger partial charge in [0, 0.05) is 6.54 Å². The number of ether oxygens (including phenoxy) is 1. The molecule has 2 rings (SSSR count). The lowest BCUT2D eigenvalue weighted by Crippen LogP contribution is -1.96. The molecule has 0 saturated heterocycles. The fourth-order valence-corrected chi connectivity index (χ4v) is 1.55. The van der Waals surface area contributed by atoms with E-state index in [0.29, 0.717) is 6.54 Å². The monoisotopic (exact) mass is 213 g/mol. The molecule has 0 aliphatic rings. The lowest BCUT2D eigenvalue weighted by molar-refractivity contribution is 0.481. The molecule has 82 valence electrons. The molecule has 0 saturated carbocycles. The Kier molecular flexibility index (Phi) is 3.22. The highest BCUT2D eigenvalue weighted by atomic mass is 16.5. The van der Waals surface area contributed by atoms with Crippen molar-refractivity contribution in [1.82, 2.24) is 0 Å². The van der Waals surface area contributed by atoms with Crippen molar-refractivity contribution in [3.05, 3.63) is 59.7 Å². The zero-order valence-electron chi connectivity index (χ0n) is 9.31. The Morgan fingerprint density at radius 3 is 2.38 bits per heavy atom. The summed E-state index contributed by atoms with van der Waals surface area (Å²) in [5, 5.41) is 0. The Morgan fingerprint density at radius 2 is 1.69 bits per heavy atom. The molecule has 0 radical (unpaired) electrons. The summed E-state index contributed by atoms with van der Waals surface area (Å²) in [6, 6.07) is 15.8. The van der Waals surface area contributed by atoms with Gasteiger partial charge in [0.15, 0.2) is 0 Å². The van der Waals surface area contributed by atoms with E-state index >= 15 is 0 Å². The predicted octanol–water partition coefficient (Wildman–Crippen LogP) is 3.25. The minimum atomic E-state index is 0.533. The van der Waals surface area contributed by atoms with Crippen LogP contribution in [0.4, 0.5) is 0 Å². The van der Waals surface area contributed by atoms with E-state index in [1.165, 1.54) is 5.56 Å². The van der Waals surface area contributed by atoms with Crippen LogP contribution in [0.1, 0.15) is 11.1 Å². The first-order valence-electron chi connectivity index (χ1n) is 5.31. The summed E-state index contributed by atoms with van der Waals surface area (Å²) in [7, 11) is 0. The van der Waals surface area contributed by atoms with Crippen molar-refractivity contribution in [2.24, 2.45) is 5.73 Å². The zero-order chi connectivity index (χ0) is 11.4. The van der Waals surface area contributed by atoms with Gasteiger partial charge in [-0.1, -0.05) is 24.3 Å². The van der Waals surface area contributed by atoms with Crippen molar-refractivity contribution >= 4 is 0 Å². The van der Waals surface area contributed by atoms with Crippen molar-refractivity contribution in [2.75, 3.05) is 0 Å². The highest BCUT2D eigenvalue weighted by Gasteiger charge is 1.98. The maximum absolute atomic E-state index is 5.75. The van der Waals surface area contributed by atoms with Crippen molar-refractivity contribution in [2.45, 2.75) is 13.5 Å². The van der Waals surface area contributed by atoms with Crippen LogP contribution in [0.15, 0.2) is 48.5 Å². The van der Waals surface area contributed by atoms with Gasteiger partial charge < -0.3 is 10.5 Å². The number of hydrogen-bond acceptors (Lipinski definition) is 2. The van der Waals surface area contributed by atoms with Gasteiger partial charge in [0.05, 0.1) is 0 Å². The first kappa shape index (κ1) is 10.7. The van der Waals surface area contributed by atoms with Crippen molar-refractivity contribution < 1.29 is 4.74 Å². The lowest BCUT2D eigenvalue weighted by atomic mass is 10.2. The van der Waals surface area contributed by atoms with Crippen LogP contribution in [0.3, 0.4) is 0 Å². The molecule has 0 unspecified atom stereocenters. The Morgan fingerprint density at radius 1 is 1.00 bits per heavy atom. The fraction of sp³-hybridized carbons (Fsp3) is 0.143. The molecule has 0 aliphatic heterocycles. The standard InChI is InChI=1S/C14H15NO/c1-11-4-2-6-13(8-11)16-14-7-3-5-12(9-14)10-15/h2-9H,10,15H2,1H3. The summed E-state index contributed by atoms with van der Waals surface area (Å²) >= 11 is 0. The fourth-order valence-electron chi connectivity index (χ4n) is 1.55. The van der Waals surface area contributed by atoms with Crippen molar-refractivity contribution in [1.29, 1.82) is 0 Å². The molecule has 2 N–H and O–H groups in total. The maximum atomic E-state index is 5.75. The third kappa shape index (κ3) is 2.61. The number of rotatable bonds is 3. The van der Waals surface area contributed by atoms with Gasteiger partial charge in [0.25, 0.3) is 0 Å². The molecular formula is C14H15NO. The summed E-state index contributed by atoms with van der Waals surface area (Å²) < 4.78 is 5.75. The molecule has 2 heteroatoms. The molecule has 0 fully saturated rings. The number of benzene rings is 2. The first-order chi connectivity index (χ1) is 7.78. The predicted molar refractivity (Wildman–Crippen MR) is 65.6 cm³/mol. The summed E-state index contributed by atoms with van der Waals surface area (Å²) in [5.41, 5.74) is 7.84. The van der Waals surface area contributed by atoms with Gasteiger partial charge in [-0.05, 0) is 42.3 Å². The molecular weight excluding hydrogens is 198 g/mol. The summed E-state index contributed by atoms with van der Waals surface area (Å²) in [5.74, 6) is 1.68. The van der Waals surface area contributed by atoms with Crippen LogP contribution >= 0.6 is 0 Å². The Hall–Kier alpha value is -1.80. The second-order valence-electron chi connectivity index (χ2n) is 3.77. The quantitative estimate of drug-likeness (QED) is 0.849. The maximum Gasteiger partial charge on any atom is 0.127 e. The Balaban J connectivity index is 2.20. The van der Waals surface area contributed by atoms with Crippen LogP contribution in [-0.2, 0) is 6.54 Å². The van der Waals surface area contributed by atoms with Gasteiger partial charge in [-0.2, -0.15) is 0 Å². The molecule has 2 aromatic carbocycles. The van der Waals surface area contributed by atoms with Gasteiger partial charge >= 0.3 is 0 Å². The average Bonchev–Trinajstić information content (AvgIpc) is 2.29. The van der Waals surface area contributed by atoms with Crippen LogP contribution in [0.25, 0.3) is 0 Å². The van der Waals surface area contributed by atoms with E-state index in [1.54, 1.807) is 0 Å². The lowest BCUT2D eigenvalue weighted by Gasteiger charge is -2.07. The number of aryl methyl sites for hydroxylation is 1. The van der Waals surface area contributed by atoms with E-state index in [0.717, 1.165) is 17.1 Å². The van der Waals surface area contributed by atoms with Gasteiger partial charge in [-0.3, -0.25) is 0 Å². The van der Waals surface area contributed by atoms with E-state index < -0.39 is 0 Å². The zero-order valence-corrected chi connectivity index (χ0v) is 9.31. The number of hydrogen-bond donors (Lipinski definition) is 1. The topological polar surface area (TPSA) is 35.2 Å². The molecule has 0 heterocycles. The van der Waals surface area contributed by atoms with E-state index in [2.05, 4.69) is 0 Å². The molecule has 0 spiro atoms. The van der Waals surface area contributed by atoms with Crippen LogP contribution < -0.4 is 10.5 Å². The van der Waals surface area contributed by atoms with Gasteiger partial charge in [0.2, 0.25) is 0 Å². The highest BCUT2D eigenvalue weighted by Crippen LogP contribution is 2.22. The summed E-state index contributed by atoms with van der Waals surface area (Å²) in [6.07, 6.45) is 0.